The number of carbonyl (C=O) groups is 1. The Morgan fingerprint density at radius 1 is 1.50 bits per heavy atom. The first-order valence-electron chi connectivity index (χ1n) is 4.66. The Balaban J connectivity index is 2.30. The van der Waals surface area contributed by atoms with Crippen molar-refractivity contribution in [2.75, 3.05) is 13.2 Å². The van der Waals surface area contributed by atoms with E-state index in [2.05, 4.69) is 0 Å². The van der Waals surface area contributed by atoms with E-state index in [1.807, 2.05) is 19.1 Å². The maximum Gasteiger partial charge on any atom is 0.248 e. The summed E-state index contributed by atoms with van der Waals surface area (Å²) in [7, 11) is 0. The third kappa shape index (κ3) is 1.51. The minimum Gasteiger partial charge on any atom is -0.380 e. The van der Waals surface area contributed by atoms with E-state index in [-0.39, 0.29) is 5.91 Å². The van der Waals surface area contributed by atoms with Crippen LogP contribution in [0.25, 0.3) is 0 Å². The molecular formula is C11H13NO2. The Morgan fingerprint density at radius 2 is 2.21 bits per heavy atom. The van der Waals surface area contributed by atoms with Crippen LogP contribution in [-0.2, 0) is 4.74 Å². The van der Waals surface area contributed by atoms with E-state index in [4.69, 9.17) is 10.5 Å². The van der Waals surface area contributed by atoms with Crippen LogP contribution in [-0.4, -0.2) is 19.1 Å². The first-order valence-corrected chi connectivity index (χ1v) is 4.66. The second-order valence-corrected chi connectivity index (χ2v) is 3.67. The number of rotatable bonds is 2. The molecule has 1 fully saturated rings. The van der Waals surface area contributed by atoms with Crippen molar-refractivity contribution in [3.05, 3.63) is 34.9 Å². The topological polar surface area (TPSA) is 52.3 Å². The van der Waals surface area contributed by atoms with E-state index in [0.29, 0.717) is 11.5 Å². The minimum absolute atomic E-state index is 0.371. The lowest BCUT2D eigenvalue weighted by atomic mass is 9.92. The highest BCUT2D eigenvalue weighted by atomic mass is 16.5. The van der Waals surface area contributed by atoms with E-state index in [1.165, 1.54) is 5.56 Å². The number of aryl methyl sites for hydroxylation is 1. The van der Waals surface area contributed by atoms with Gasteiger partial charge in [0.15, 0.2) is 0 Å². The average Bonchev–Trinajstić information content (AvgIpc) is 2.04. The number of hydrogen-bond acceptors (Lipinski definition) is 2. The van der Waals surface area contributed by atoms with Crippen LogP contribution in [0.2, 0.25) is 0 Å². The van der Waals surface area contributed by atoms with Gasteiger partial charge in [0.2, 0.25) is 5.91 Å². The zero-order valence-corrected chi connectivity index (χ0v) is 8.12. The number of nitrogens with two attached hydrogens (primary N) is 1. The van der Waals surface area contributed by atoms with Gasteiger partial charge in [-0.1, -0.05) is 6.07 Å². The maximum atomic E-state index is 10.9. The fraction of sp³-hybridized carbons (Fsp3) is 0.364. The van der Waals surface area contributed by atoms with Gasteiger partial charge in [-0.3, -0.25) is 4.79 Å². The lowest BCUT2D eigenvalue weighted by Crippen LogP contribution is -2.26. The van der Waals surface area contributed by atoms with Crippen LogP contribution < -0.4 is 5.73 Å². The van der Waals surface area contributed by atoms with E-state index in [1.54, 1.807) is 6.07 Å². The van der Waals surface area contributed by atoms with Gasteiger partial charge in [0, 0.05) is 11.5 Å². The van der Waals surface area contributed by atoms with Gasteiger partial charge in [0.1, 0.15) is 0 Å². The monoisotopic (exact) mass is 191 g/mol. The quantitative estimate of drug-likeness (QED) is 0.763. The van der Waals surface area contributed by atoms with Crippen molar-refractivity contribution in [2.45, 2.75) is 12.8 Å². The lowest BCUT2D eigenvalue weighted by molar-refractivity contribution is 0.00817. The zero-order valence-electron chi connectivity index (χ0n) is 8.12. The SMILES string of the molecule is Cc1cc(C(N)=O)ccc1C1COC1. The average molecular weight is 191 g/mol. The van der Waals surface area contributed by atoms with Crippen LogP contribution in [0.5, 0.6) is 0 Å². The predicted octanol–water partition coefficient (Wildman–Crippen LogP) is 1.21. The Bertz CT molecular complexity index is 370. The molecule has 1 aromatic carbocycles. The lowest BCUT2D eigenvalue weighted by Gasteiger charge is -2.27. The molecule has 0 unspecified atom stereocenters. The summed E-state index contributed by atoms with van der Waals surface area (Å²) < 4.78 is 5.13. The van der Waals surface area contributed by atoms with Crippen molar-refractivity contribution in [1.29, 1.82) is 0 Å². The van der Waals surface area contributed by atoms with Gasteiger partial charge in [-0.2, -0.15) is 0 Å². The molecule has 1 aromatic rings. The molecule has 0 saturated carbocycles. The van der Waals surface area contributed by atoms with Gasteiger partial charge in [-0.05, 0) is 30.2 Å². The van der Waals surface area contributed by atoms with Crippen LogP contribution in [0.1, 0.15) is 27.4 Å². The van der Waals surface area contributed by atoms with E-state index in [0.717, 1.165) is 18.8 Å². The van der Waals surface area contributed by atoms with Crippen LogP contribution in [0, 0.1) is 6.92 Å². The van der Waals surface area contributed by atoms with Gasteiger partial charge in [0.25, 0.3) is 0 Å². The smallest absolute Gasteiger partial charge is 0.248 e. The first-order chi connectivity index (χ1) is 6.68. The predicted molar refractivity (Wildman–Crippen MR) is 53.3 cm³/mol. The molecule has 0 aromatic heterocycles. The third-order valence-electron chi connectivity index (χ3n) is 2.63. The number of benzene rings is 1. The van der Waals surface area contributed by atoms with Crippen LogP contribution in [0.3, 0.4) is 0 Å². The summed E-state index contributed by atoms with van der Waals surface area (Å²) in [4.78, 5) is 10.9. The Hall–Kier alpha value is -1.35. The molecule has 2 N–H and O–H groups in total. The molecular weight excluding hydrogens is 178 g/mol. The van der Waals surface area contributed by atoms with Gasteiger partial charge < -0.3 is 10.5 Å². The van der Waals surface area contributed by atoms with Crippen molar-refractivity contribution in [1.82, 2.24) is 0 Å². The molecule has 1 amide bonds. The number of primary amides is 1. The molecule has 3 heteroatoms. The van der Waals surface area contributed by atoms with E-state index >= 15 is 0 Å². The zero-order chi connectivity index (χ0) is 10.1. The summed E-state index contributed by atoms with van der Waals surface area (Å²) in [6, 6.07) is 5.60. The van der Waals surface area contributed by atoms with Crippen LogP contribution in [0.15, 0.2) is 18.2 Å². The Kier molecular flexibility index (Phi) is 2.25. The van der Waals surface area contributed by atoms with Crippen molar-refractivity contribution >= 4 is 5.91 Å². The molecule has 0 atom stereocenters. The molecule has 2 rings (SSSR count). The fourth-order valence-corrected chi connectivity index (χ4v) is 1.70. The molecule has 0 aliphatic carbocycles. The number of hydrogen-bond donors (Lipinski definition) is 1. The molecule has 1 aliphatic rings. The molecule has 1 saturated heterocycles. The first kappa shape index (κ1) is 9.21. The van der Waals surface area contributed by atoms with E-state index in [9.17, 15) is 4.79 Å². The number of ether oxygens (including phenoxy) is 1. The summed E-state index contributed by atoms with van der Waals surface area (Å²) in [5.74, 6) is 0.126. The van der Waals surface area contributed by atoms with Crippen molar-refractivity contribution in [2.24, 2.45) is 5.73 Å². The summed E-state index contributed by atoms with van der Waals surface area (Å²) in [5, 5.41) is 0. The summed E-state index contributed by atoms with van der Waals surface area (Å²) in [6.45, 7) is 3.58. The van der Waals surface area contributed by atoms with Crippen molar-refractivity contribution in [3.63, 3.8) is 0 Å². The summed E-state index contributed by atoms with van der Waals surface area (Å²) in [5.41, 5.74) is 8.15. The summed E-state index contributed by atoms with van der Waals surface area (Å²) >= 11 is 0. The third-order valence-corrected chi connectivity index (χ3v) is 2.63. The summed E-state index contributed by atoms with van der Waals surface area (Å²) in [6.07, 6.45) is 0. The van der Waals surface area contributed by atoms with Gasteiger partial charge in [0.05, 0.1) is 13.2 Å². The highest BCUT2D eigenvalue weighted by molar-refractivity contribution is 5.93. The molecule has 1 heterocycles. The van der Waals surface area contributed by atoms with E-state index < -0.39 is 0 Å². The van der Waals surface area contributed by atoms with Crippen LogP contribution >= 0.6 is 0 Å². The van der Waals surface area contributed by atoms with Gasteiger partial charge in [-0.15, -0.1) is 0 Å². The standard InChI is InChI=1S/C11H13NO2/c1-7-4-8(11(12)13)2-3-10(7)9-5-14-6-9/h2-4,9H,5-6H2,1H3,(H2,12,13). The van der Waals surface area contributed by atoms with Gasteiger partial charge in [-0.25, -0.2) is 0 Å². The van der Waals surface area contributed by atoms with Crippen LogP contribution in [0.4, 0.5) is 0 Å². The molecule has 0 spiro atoms. The number of carbonyl (C=O) groups excluding carboxylic acids is 1. The Labute approximate surface area is 82.9 Å². The largest absolute Gasteiger partial charge is 0.380 e. The molecule has 74 valence electrons. The Morgan fingerprint density at radius 3 is 2.64 bits per heavy atom. The molecule has 14 heavy (non-hydrogen) atoms. The molecule has 0 bridgehead atoms. The van der Waals surface area contributed by atoms with Crippen molar-refractivity contribution < 1.29 is 9.53 Å². The maximum absolute atomic E-state index is 10.9. The van der Waals surface area contributed by atoms with Crippen molar-refractivity contribution in [3.8, 4) is 0 Å². The highest BCUT2D eigenvalue weighted by Gasteiger charge is 2.22. The van der Waals surface area contributed by atoms with Gasteiger partial charge >= 0.3 is 0 Å². The second-order valence-electron chi connectivity index (χ2n) is 3.67. The fourth-order valence-electron chi connectivity index (χ4n) is 1.70. The number of amides is 1. The molecule has 3 nitrogen and oxygen atoms in total. The second kappa shape index (κ2) is 3.42. The molecule has 1 aliphatic heterocycles. The highest BCUT2D eigenvalue weighted by Crippen LogP contribution is 2.27. The molecule has 0 radical (unpaired) electrons. The normalized spacial score (nSPS) is 16.4. The minimum atomic E-state index is -0.371.